The van der Waals surface area contributed by atoms with E-state index in [1.54, 1.807) is 7.11 Å². The second kappa shape index (κ2) is 6.98. The fourth-order valence-corrected chi connectivity index (χ4v) is 2.20. The lowest BCUT2D eigenvalue weighted by Crippen LogP contribution is -2.32. The Labute approximate surface area is 131 Å². The van der Waals surface area contributed by atoms with Gasteiger partial charge in [0.25, 0.3) is 0 Å². The molecule has 2 N–H and O–H groups in total. The minimum Gasteiger partial charge on any atom is -0.497 e. The molecular formula is C18H22N2O2. The van der Waals surface area contributed by atoms with Crippen LogP contribution in [0.5, 0.6) is 5.75 Å². The quantitative estimate of drug-likeness (QED) is 0.884. The maximum Gasteiger partial charge on any atom is 0.246 e. The van der Waals surface area contributed by atoms with E-state index in [4.69, 9.17) is 4.74 Å². The minimum absolute atomic E-state index is 0.0786. The molecule has 1 atom stereocenters. The molecule has 0 heterocycles. The summed E-state index contributed by atoms with van der Waals surface area (Å²) in [5.74, 6) is 0.685. The lowest BCUT2D eigenvalue weighted by atomic mass is 10.1. The van der Waals surface area contributed by atoms with E-state index >= 15 is 0 Å². The number of methoxy groups -OCH3 is 1. The molecular weight excluding hydrogens is 276 g/mol. The van der Waals surface area contributed by atoms with Crippen molar-refractivity contribution < 1.29 is 9.53 Å². The summed E-state index contributed by atoms with van der Waals surface area (Å²) in [4.78, 5) is 12.2. The number of amides is 1. The zero-order valence-electron chi connectivity index (χ0n) is 13.4. The van der Waals surface area contributed by atoms with E-state index < -0.39 is 0 Å². The van der Waals surface area contributed by atoms with Crippen molar-refractivity contribution in [2.75, 3.05) is 17.7 Å². The standard InChI is InChI=1S/C18H22N2O2/c1-12-5-10-17(13(2)11-12)19-14(3)18(21)20-15-6-8-16(22-4)9-7-15/h5-11,14,19H,1-4H3,(H,20,21)/t14-/m1/s1. The molecule has 2 rings (SSSR count). The van der Waals surface area contributed by atoms with Gasteiger partial charge in [-0.2, -0.15) is 0 Å². The number of carbonyl (C=O) groups is 1. The van der Waals surface area contributed by atoms with E-state index in [9.17, 15) is 4.79 Å². The van der Waals surface area contributed by atoms with Crippen molar-refractivity contribution in [1.82, 2.24) is 0 Å². The molecule has 0 saturated carbocycles. The molecule has 0 fully saturated rings. The highest BCUT2D eigenvalue weighted by atomic mass is 16.5. The van der Waals surface area contributed by atoms with Gasteiger partial charge in [-0.3, -0.25) is 4.79 Å². The number of hydrogen-bond donors (Lipinski definition) is 2. The second-order valence-corrected chi connectivity index (χ2v) is 5.40. The van der Waals surface area contributed by atoms with Gasteiger partial charge in [-0.15, -0.1) is 0 Å². The van der Waals surface area contributed by atoms with E-state index in [1.165, 1.54) is 5.56 Å². The van der Waals surface area contributed by atoms with Crippen molar-refractivity contribution in [1.29, 1.82) is 0 Å². The molecule has 0 aliphatic rings. The number of aryl methyl sites for hydroxylation is 2. The van der Waals surface area contributed by atoms with Gasteiger partial charge in [0.1, 0.15) is 11.8 Å². The average molecular weight is 298 g/mol. The lowest BCUT2D eigenvalue weighted by Gasteiger charge is -2.17. The highest BCUT2D eigenvalue weighted by Gasteiger charge is 2.13. The van der Waals surface area contributed by atoms with Crippen LogP contribution in [0.3, 0.4) is 0 Å². The Bertz CT molecular complexity index is 651. The molecule has 2 aromatic carbocycles. The summed E-state index contributed by atoms with van der Waals surface area (Å²) in [6.07, 6.45) is 0. The first-order valence-corrected chi connectivity index (χ1v) is 7.28. The number of hydrogen-bond acceptors (Lipinski definition) is 3. The number of rotatable bonds is 5. The monoisotopic (exact) mass is 298 g/mol. The van der Waals surface area contributed by atoms with Gasteiger partial charge in [0.05, 0.1) is 7.11 Å². The molecule has 0 aliphatic heterocycles. The van der Waals surface area contributed by atoms with Crippen LogP contribution in [-0.2, 0) is 4.79 Å². The zero-order valence-corrected chi connectivity index (χ0v) is 13.4. The van der Waals surface area contributed by atoms with Gasteiger partial charge in [0, 0.05) is 11.4 Å². The first-order chi connectivity index (χ1) is 10.5. The molecule has 2 aromatic rings. The highest BCUT2D eigenvalue weighted by molar-refractivity contribution is 5.96. The van der Waals surface area contributed by atoms with E-state index in [0.717, 1.165) is 22.7 Å². The minimum atomic E-state index is -0.330. The Morgan fingerprint density at radius 1 is 1.09 bits per heavy atom. The van der Waals surface area contributed by atoms with E-state index in [-0.39, 0.29) is 11.9 Å². The van der Waals surface area contributed by atoms with Crippen LogP contribution in [0.2, 0.25) is 0 Å². The number of ether oxygens (including phenoxy) is 1. The van der Waals surface area contributed by atoms with Crippen LogP contribution in [0.4, 0.5) is 11.4 Å². The topological polar surface area (TPSA) is 50.4 Å². The summed E-state index contributed by atoms with van der Waals surface area (Å²) in [5, 5.41) is 6.13. The molecule has 0 aliphatic carbocycles. The first kappa shape index (κ1) is 15.9. The molecule has 0 unspecified atom stereocenters. The van der Waals surface area contributed by atoms with Crippen LogP contribution in [-0.4, -0.2) is 19.1 Å². The van der Waals surface area contributed by atoms with Gasteiger partial charge in [0.2, 0.25) is 5.91 Å². The SMILES string of the molecule is COc1ccc(NC(=O)[C@@H](C)Nc2ccc(C)cc2C)cc1. The van der Waals surface area contributed by atoms with Gasteiger partial charge < -0.3 is 15.4 Å². The van der Waals surface area contributed by atoms with Gasteiger partial charge in [-0.05, 0) is 56.7 Å². The van der Waals surface area contributed by atoms with Crippen LogP contribution in [0.1, 0.15) is 18.1 Å². The molecule has 0 aromatic heterocycles. The number of benzene rings is 2. The number of nitrogens with one attached hydrogen (secondary N) is 2. The third-order valence-electron chi connectivity index (χ3n) is 3.50. The van der Waals surface area contributed by atoms with Crippen molar-refractivity contribution in [3.63, 3.8) is 0 Å². The van der Waals surface area contributed by atoms with E-state index in [0.29, 0.717) is 0 Å². The fourth-order valence-electron chi connectivity index (χ4n) is 2.20. The smallest absolute Gasteiger partial charge is 0.246 e. The zero-order chi connectivity index (χ0) is 16.1. The van der Waals surface area contributed by atoms with Crippen LogP contribution in [0.15, 0.2) is 42.5 Å². The summed E-state index contributed by atoms with van der Waals surface area (Å²) >= 11 is 0. The van der Waals surface area contributed by atoms with Crippen molar-refractivity contribution in [2.45, 2.75) is 26.8 Å². The molecule has 4 heteroatoms. The van der Waals surface area contributed by atoms with Crippen LogP contribution >= 0.6 is 0 Å². The Hall–Kier alpha value is -2.49. The van der Waals surface area contributed by atoms with Gasteiger partial charge in [0.15, 0.2) is 0 Å². The van der Waals surface area contributed by atoms with Gasteiger partial charge in [-0.25, -0.2) is 0 Å². The van der Waals surface area contributed by atoms with E-state index in [2.05, 4.69) is 23.6 Å². The number of anilines is 2. The second-order valence-electron chi connectivity index (χ2n) is 5.40. The maximum atomic E-state index is 12.2. The van der Waals surface area contributed by atoms with Gasteiger partial charge in [-0.1, -0.05) is 17.7 Å². The predicted molar refractivity (Wildman–Crippen MR) is 90.6 cm³/mol. The van der Waals surface area contributed by atoms with Crippen LogP contribution in [0.25, 0.3) is 0 Å². The highest BCUT2D eigenvalue weighted by Crippen LogP contribution is 2.18. The maximum absolute atomic E-state index is 12.2. The van der Waals surface area contributed by atoms with E-state index in [1.807, 2.05) is 50.2 Å². The number of carbonyl (C=O) groups excluding carboxylic acids is 1. The first-order valence-electron chi connectivity index (χ1n) is 7.28. The van der Waals surface area contributed by atoms with Crippen molar-refractivity contribution in [3.8, 4) is 5.75 Å². The Kier molecular flexibility index (Phi) is 5.04. The van der Waals surface area contributed by atoms with Crippen LogP contribution in [0, 0.1) is 13.8 Å². The molecule has 116 valence electrons. The normalized spacial score (nSPS) is 11.6. The molecule has 0 saturated heterocycles. The molecule has 0 spiro atoms. The summed E-state index contributed by atoms with van der Waals surface area (Å²) in [7, 11) is 1.61. The third kappa shape index (κ3) is 4.01. The summed E-state index contributed by atoms with van der Waals surface area (Å²) in [6.45, 7) is 5.93. The van der Waals surface area contributed by atoms with Crippen LogP contribution < -0.4 is 15.4 Å². The molecule has 0 radical (unpaired) electrons. The van der Waals surface area contributed by atoms with Gasteiger partial charge >= 0.3 is 0 Å². The predicted octanol–water partition coefficient (Wildman–Crippen LogP) is 3.75. The largest absolute Gasteiger partial charge is 0.497 e. The Morgan fingerprint density at radius 2 is 1.77 bits per heavy atom. The lowest BCUT2D eigenvalue weighted by molar-refractivity contribution is -0.116. The molecule has 0 bridgehead atoms. The summed E-state index contributed by atoms with van der Waals surface area (Å²) in [6, 6.07) is 13.1. The Balaban J connectivity index is 1.99. The average Bonchev–Trinajstić information content (AvgIpc) is 2.50. The molecule has 1 amide bonds. The summed E-state index contributed by atoms with van der Waals surface area (Å²) in [5.41, 5.74) is 4.06. The Morgan fingerprint density at radius 3 is 2.36 bits per heavy atom. The van der Waals surface area contributed by atoms with Crippen molar-refractivity contribution in [2.24, 2.45) is 0 Å². The van der Waals surface area contributed by atoms with Crippen molar-refractivity contribution >= 4 is 17.3 Å². The molecule has 4 nitrogen and oxygen atoms in total. The fraction of sp³-hybridized carbons (Fsp3) is 0.278. The summed E-state index contributed by atoms with van der Waals surface area (Å²) < 4.78 is 5.10. The molecule has 22 heavy (non-hydrogen) atoms. The third-order valence-corrected chi connectivity index (χ3v) is 3.50. The van der Waals surface area contributed by atoms with Crippen molar-refractivity contribution in [3.05, 3.63) is 53.6 Å².